The molecule has 4 N–H and O–H groups in total. The second-order valence-electron chi connectivity index (χ2n) is 12.7. The van der Waals surface area contributed by atoms with Gasteiger partial charge in [0.15, 0.2) is 11.5 Å². The van der Waals surface area contributed by atoms with Crippen molar-refractivity contribution in [3.63, 3.8) is 0 Å². The highest BCUT2D eigenvalue weighted by atomic mass is 32.2. The van der Waals surface area contributed by atoms with E-state index in [0.717, 1.165) is 0 Å². The third-order valence-electron chi connectivity index (χ3n) is 6.21. The third-order valence-corrected chi connectivity index (χ3v) is 7.65. The number of hydrogen-bond acceptors (Lipinski definition) is 11. The Morgan fingerprint density at radius 3 is 2.23 bits per heavy atom. The minimum absolute atomic E-state index is 0.00949. The van der Waals surface area contributed by atoms with Crippen LogP contribution in [0.1, 0.15) is 75.9 Å². The number of rotatable bonds is 9. The summed E-state index contributed by atoms with van der Waals surface area (Å²) in [5.41, 5.74) is -0.462. The Morgan fingerprint density at radius 2 is 1.62 bits per heavy atom. The minimum atomic E-state index is -4.99. The van der Waals surface area contributed by atoms with Crippen LogP contribution in [-0.2, 0) is 42.2 Å². The van der Waals surface area contributed by atoms with Crippen molar-refractivity contribution in [2.45, 2.75) is 84.6 Å². The number of nitrogens with one attached hydrogen (secondary N) is 2. The molecule has 48 heavy (non-hydrogen) atoms. The lowest BCUT2D eigenvalue weighted by molar-refractivity contribution is -0.145. The molecule has 2 aromatic carbocycles. The van der Waals surface area contributed by atoms with Crippen LogP contribution in [0.3, 0.4) is 0 Å². The molecule has 0 bridgehead atoms. The number of ether oxygens (including phenoxy) is 4. The number of hydrogen-bond donors (Lipinski definition) is 4. The van der Waals surface area contributed by atoms with Crippen molar-refractivity contribution in [3.05, 3.63) is 53.1 Å². The first kappa shape index (κ1) is 37.6. The third kappa shape index (κ3) is 11.1. The van der Waals surface area contributed by atoms with Crippen molar-refractivity contribution in [2.24, 2.45) is 0 Å². The Kier molecular flexibility index (Phi) is 11.7. The van der Waals surface area contributed by atoms with Crippen molar-refractivity contribution in [1.82, 2.24) is 9.03 Å². The number of aryl methyl sites for hydroxylation is 1. The summed E-state index contributed by atoms with van der Waals surface area (Å²) in [5, 5.41) is 21.0. The fourth-order valence-electron chi connectivity index (χ4n) is 4.27. The normalized spacial score (nSPS) is 14.2. The number of amides is 2. The molecule has 262 valence electrons. The number of carbonyl (C=O) groups excluding carboxylic acids is 3. The zero-order valence-electron chi connectivity index (χ0n) is 27.3. The number of carboxylic acids is 2. The van der Waals surface area contributed by atoms with E-state index in [4.69, 9.17) is 24.1 Å². The molecule has 1 aliphatic heterocycles. The number of fused-ring (bicyclic) bond motifs is 2. The highest BCUT2D eigenvalue weighted by Gasteiger charge is 2.36. The molecule has 1 heterocycles. The van der Waals surface area contributed by atoms with Crippen molar-refractivity contribution in [1.29, 1.82) is 0 Å². The van der Waals surface area contributed by atoms with E-state index >= 15 is 0 Å². The molecule has 0 saturated heterocycles. The first-order valence-electron chi connectivity index (χ1n) is 14.7. The van der Waals surface area contributed by atoms with Crippen LogP contribution in [-0.4, -0.2) is 76.9 Å². The number of esters is 1. The van der Waals surface area contributed by atoms with Gasteiger partial charge in [-0.1, -0.05) is 6.07 Å². The van der Waals surface area contributed by atoms with Gasteiger partial charge >= 0.3 is 40.3 Å². The van der Waals surface area contributed by atoms with E-state index in [0.29, 0.717) is 24.1 Å². The molecule has 0 fully saturated rings. The maximum atomic E-state index is 13.3. The average molecular weight is 694 g/mol. The summed E-state index contributed by atoms with van der Waals surface area (Å²) < 4.78 is 50.5. The molecular weight excluding hydrogens is 654 g/mol. The van der Waals surface area contributed by atoms with Gasteiger partial charge in [0.1, 0.15) is 17.2 Å². The molecule has 17 heteroatoms. The molecule has 16 nitrogen and oxygen atoms in total. The van der Waals surface area contributed by atoms with Crippen LogP contribution in [0, 0.1) is 0 Å². The van der Waals surface area contributed by atoms with Crippen molar-refractivity contribution >= 4 is 46.0 Å². The monoisotopic (exact) mass is 693 g/mol. The van der Waals surface area contributed by atoms with E-state index in [2.05, 4.69) is 5.32 Å². The van der Waals surface area contributed by atoms with Crippen LogP contribution in [0.4, 0.5) is 15.3 Å². The molecule has 0 saturated carbocycles. The highest BCUT2D eigenvalue weighted by molar-refractivity contribution is 7.87. The standard InChI is InChI=1S/C31H39N3O13S/c1-30(2,3)46-28(40)32-20-10-11-21-19(15-20)8-7-13-44-24-14-18(9-12-23(24)45-27(21)39)17-34(29(41)47-31(4,5)6)48(42,43)33-22(26(37)38)16-25(35)36/h9-12,14-15,22,33H,7-8,13,16-17H2,1-6H3,(H,32,40)(H,35,36)(H,37,38). The molecule has 0 radical (unpaired) electrons. The zero-order chi connectivity index (χ0) is 36.0. The van der Waals surface area contributed by atoms with Gasteiger partial charge in [-0.3, -0.25) is 14.9 Å². The molecule has 1 atom stereocenters. The fourth-order valence-corrected chi connectivity index (χ4v) is 5.49. The lowest BCUT2D eigenvalue weighted by Gasteiger charge is -2.28. The average Bonchev–Trinajstić information content (AvgIpc) is 2.92. The second-order valence-corrected chi connectivity index (χ2v) is 14.3. The highest BCUT2D eigenvalue weighted by Crippen LogP contribution is 2.32. The molecule has 0 aromatic heterocycles. The van der Waals surface area contributed by atoms with Crippen LogP contribution in [0.2, 0.25) is 0 Å². The van der Waals surface area contributed by atoms with Crippen molar-refractivity contribution in [2.75, 3.05) is 11.9 Å². The molecule has 1 unspecified atom stereocenters. The summed E-state index contributed by atoms with van der Waals surface area (Å²) in [7, 11) is -4.99. The summed E-state index contributed by atoms with van der Waals surface area (Å²) in [5.74, 6) is -4.05. The number of benzene rings is 2. The van der Waals surface area contributed by atoms with Gasteiger partial charge in [0.25, 0.3) is 0 Å². The van der Waals surface area contributed by atoms with E-state index in [9.17, 15) is 37.5 Å². The lowest BCUT2D eigenvalue weighted by Crippen LogP contribution is -2.51. The number of carbonyl (C=O) groups is 5. The van der Waals surface area contributed by atoms with Gasteiger partial charge in [0, 0.05) is 5.69 Å². The molecule has 3 rings (SSSR count). The van der Waals surface area contributed by atoms with Crippen LogP contribution in [0.5, 0.6) is 11.5 Å². The Labute approximate surface area is 277 Å². The molecular formula is C31H39N3O13S. The van der Waals surface area contributed by atoms with E-state index in [1.54, 1.807) is 31.6 Å². The molecule has 1 aliphatic rings. The van der Waals surface area contributed by atoms with Gasteiger partial charge in [0.2, 0.25) is 0 Å². The largest absolute Gasteiger partial charge is 0.490 e. The van der Waals surface area contributed by atoms with E-state index < -0.39 is 70.5 Å². The number of carboxylic acid groups (broad SMARTS) is 2. The zero-order valence-corrected chi connectivity index (χ0v) is 28.1. The van der Waals surface area contributed by atoms with Crippen LogP contribution in [0.25, 0.3) is 0 Å². The van der Waals surface area contributed by atoms with E-state index in [1.165, 1.54) is 51.1 Å². The van der Waals surface area contributed by atoms with Gasteiger partial charge in [-0.2, -0.15) is 17.4 Å². The SMILES string of the molecule is CC(C)(C)OC(=O)Nc1ccc2c(c1)CCCOc1cc(CN(C(=O)OC(C)(C)C)S(=O)(=O)NC(CC(=O)O)C(=O)O)ccc1OC2=O. The number of aliphatic carboxylic acids is 2. The maximum absolute atomic E-state index is 13.3. The van der Waals surface area contributed by atoms with Gasteiger partial charge in [-0.15, -0.1) is 0 Å². The smallest absolute Gasteiger partial charge is 0.425 e. The van der Waals surface area contributed by atoms with Crippen molar-refractivity contribution in [3.8, 4) is 11.5 Å². The number of nitrogens with zero attached hydrogens (tertiary/aromatic N) is 1. The quantitative estimate of drug-likeness (QED) is 0.215. The number of anilines is 1. The molecule has 2 aromatic rings. The predicted octanol–water partition coefficient (Wildman–Crippen LogP) is 4.08. The van der Waals surface area contributed by atoms with E-state index in [-0.39, 0.29) is 33.5 Å². The Balaban J connectivity index is 1.90. The summed E-state index contributed by atoms with van der Waals surface area (Å²) in [6.07, 6.45) is -2.34. The van der Waals surface area contributed by atoms with Gasteiger partial charge < -0.3 is 29.2 Å². The van der Waals surface area contributed by atoms with Crippen molar-refractivity contribution < 1.29 is 61.6 Å². The lowest BCUT2D eigenvalue weighted by atomic mass is 10.0. The summed E-state index contributed by atoms with van der Waals surface area (Å²) in [6.45, 7) is 9.10. The van der Waals surface area contributed by atoms with Crippen LogP contribution >= 0.6 is 0 Å². The maximum Gasteiger partial charge on any atom is 0.425 e. The van der Waals surface area contributed by atoms with Gasteiger partial charge in [-0.25, -0.2) is 14.4 Å². The summed E-state index contributed by atoms with van der Waals surface area (Å²) in [6, 6.07) is 6.62. The Hall–Kier alpha value is -4.90. The predicted molar refractivity (Wildman–Crippen MR) is 169 cm³/mol. The summed E-state index contributed by atoms with van der Waals surface area (Å²) in [4.78, 5) is 61.2. The minimum Gasteiger partial charge on any atom is -0.490 e. The van der Waals surface area contributed by atoms with E-state index in [1.807, 2.05) is 0 Å². The Bertz CT molecular complexity index is 1680. The molecule has 0 aliphatic carbocycles. The summed E-state index contributed by atoms with van der Waals surface area (Å²) >= 11 is 0. The molecule has 0 spiro atoms. The van der Waals surface area contributed by atoms with Crippen LogP contribution in [0.15, 0.2) is 36.4 Å². The first-order valence-corrected chi connectivity index (χ1v) is 16.2. The fraction of sp³-hybridized carbons (Fsp3) is 0.452. The van der Waals surface area contributed by atoms with Gasteiger partial charge in [0.05, 0.1) is 25.1 Å². The topological polar surface area (TPSA) is 224 Å². The second kappa shape index (κ2) is 14.9. The first-order chi connectivity index (χ1) is 22.1. The van der Waals surface area contributed by atoms with Gasteiger partial charge in [-0.05, 0) is 95.8 Å². The van der Waals surface area contributed by atoms with Crippen LogP contribution < -0.4 is 19.5 Å². The Morgan fingerprint density at radius 1 is 0.958 bits per heavy atom. The molecule has 2 amide bonds.